The summed E-state index contributed by atoms with van der Waals surface area (Å²) in [6.45, 7) is 3.21. The number of hydrogen-bond acceptors (Lipinski definition) is 3. The third-order valence-corrected chi connectivity index (χ3v) is 3.19. The summed E-state index contributed by atoms with van der Waals surface area (Å²) in [4.78, 5) is 0. The van der Waals surface area contributed by atoms with Gasteiger partial charge in [0.2, 0.25) is 0 Å². The number of ether oxygens (including phenoxy) is 1. The van der Waals surface area contributed by atoms with E-state index in [0.717, 1.165) is 23.4 Å². The van der Waals surface area contributed by atoms with Crippen molar-refractivity contribution in [2.24, 2.45) is 0 Å². The van der Waals surface area contributed by atoms with Gasteiger partial charge in [0.1, 0.15) is 11.8 Å². The minimum atomic E-state index is 0.503. The summed E-state index contributed by atoms with van der Waals surface area (Å²) >= 11 is 0. The predicted molar refractivity (Wildman–Crippen MR) is 66.4 cm³/mol. The van der Waals surface area contributed by atoms with Crippen LogP contribution in [0.15, 0.2) is 24.3 Å². The van der Waals surface area contributed by atoms with Crippen molar-refractivity contribution in [1.29, 1.82) is 5.26 Å². The van der Waals surface area contributed by atoms with Crippen LogP contribution in [0.5, 0.6) is 0 Å². The highest BCUT2D eigenvalue weighted by Gasteiger charge is 2.21. The molecule has 3 rings (SSSR count). The van der Waals surface area contributed by atoms with Gasteiger partial charge >= 0.3 is 0 Å². The van der Waals surface area contributed by atoms with Crippen LogP contribution in [-0.2, 0) is 17.8 Å². The van der Waals surface area contributed by atoms with Crippen molar-refractivity contribution >= 4 is 0 Å². The summed E-state index contributed by atoms with van der Waals surface area (Å²) in [7, 11) is 0. The third kappa shape index (κ3) is 1.69. The van der Waals surface area contributed by atoms with Gasteiger partial charge in [-0.2, -0.15) is 10.4 Å². The van der Waals surface area contributed by atoms with Gasteiger partial charge in [0.05, 0.1) is 24.6 Å². The second-order valence-corrected chi connectivity index (χ2v) is 4.44. The summed E-state index contributed by atoms with van der Waals surface area (Å²) in [5, 5.41) is 13.8. The maximum Gasteiger partial charge on any atom is 0.147 e. The molecule has 0 atom stereocenters. The number of hydrogen-bond donors (Lipinski definition) is 0. The topological polar surface area (TPSA) is 50.8 Å². The maximum atomic E-state index is 9.33. The second-order valence-electron chi connectivity index (χ2n) is 4.44. The van der Waals surface area contributed by atoms with E-state index in [1.165, 1.54) is 5.56 Å². The Labute approximate surface area is 105 Å². The number of rotatable bonds is 1. The highest BCUT2D eigenvalue weighted by Crippen LogP contribution is 2.22. The first-order valence-electron chi connectivity index (χ1n) is 5.95. The highest BCUT2D eigenvalue weighted by atomic mass is 16.5. The van der Waals surface area contributed by atoms with E-state index in [4.69, 9.17) is 4.74 Å². The van der Waals surface area contributed by atoms with Crippen LogP contribution in [-0.4, -0.2) is 16.4 Å². The Morgan fingerprint density at radius 2 is 2.11 bits per heavy atom. The van der Waals surface area contributed by atoms with Gasteiger partial charge in [-0.15, -0.1) is 0 Å². The van der Waals surface area contributed by atoms with Crippen LogP contribution in [0.1, 0.15) is 22.5 Å². The Balaban J connectivity index is 2.15. The Kier molecular flexibility index (Phi) is 2.62. The molecule has 0 saturated carbocycles. The molecule has 0 spiro atoms. The van der Waals surface area contributed by atoms with Gasteiger partial charge in [0.15, 0.2) is 0 Å². The van der Waals surface area contributed by atoms with Crippen molar-refractivity contribution in [3.05, 3.63) is 46.8 Å². The van der Waals surface area contributed by atoms with E-state index in [9.17, 15) is 5.26 Å². The molecule has 18 heavy (non-hydrogen) atoms. The molecule has 1 aromatic carbocycles. The highest BCUT2D eigenvalue weighted by molar-refractivity contribution is 5.44. The second kappa shape index (κ2) is 4.28. The normalized spacial score (nSPS) is 14.0. The number of nitrogens with zero attached hydrogens (tertiary/aromatic N) is 3. The molecule has 0 bridgehead atoms. The van der Waals surface area contributed by atoms with Crippen molar-refractivity contribution in [3.63, 3.8) is 0 Å². The number of fused-ring (bicyclic) bond motifs is 1. The van der Waals surface area contributed by atoms with Gasteiger partial charge < -0.3 is 4.74 Å². The van der Waals surface area contributed by atoms with Gasteiger partial charge in [0, 0.05) is 12.0 Å². The smallest absolute Gasteiger partial charge is 0.147 e. The first-order chi connectivity index (χ1) is 8.79. The van der Waals surface area contributed by atoms with Crippen molar-refractivity contribution < 1.29 is 4.74 Å². The van der Waals surface area contributed by atoms with Crippen molar-refractivity contribution in [3.8, 4) is 11.8 Å². The quantitative estimate of drug-likeness (QED) is 0.766. The lowest BCUT2D eigenvalue weighted by Gasteiger charge is -2.09. The maximum absolute atomic E-state index is 9.33. The Morgan fingerprint density at radius 3 is 2.83 bits per heavy atom. The molecule has 0 saturated heterocycles. The first kappa shape index (κ1) is 11.0. The molecule has 2 aromatic rings. The third-order valence-electron chi connectivity index (χ3n) is 3.19. The van der Waals surface area contributed by atoms with E-state index in [-0.39, 0.29) is 0 Å². The fourth-order valence-corrected chi connectivity index (χ4v) is 2.20. The lowest BCUT2D eigenvalue weighted by atomic mass is 10.1. The van der Waals surface area contributed by atoms with E-state index >= 15 is 0 Å². The van der Waals surface area contributed by atoms with Crippen LogP contribution in [0, 0.1) is 18.3 Å². The van der Waals surface area contributed by atoms with E-state index in [2.05, 4.69) is 11.2 Å². The molecule has 1 aliphatic rings. The monoisotopic (exact) mass is 239 g/mol. The molecule has 1 aliphatic heterocycles. The molecular formula is C14H13N3O. The summed E-state index contributed by atoms with van der Waals surface area (Å²) in [5.41, 5.74) is 4.67. The summed E-state index contributed by atoms with van der Waals surface area (Å²) < 4.78 is 7.10. The average molecular weight is 239 g/mol. The molecular weight excluding hydrogens is 226 g/mol. The average Bonchev–Trinajstić information content (AvgIpc) is 2.78. The molecule has 0 radical (unpaired) electrons. The first-order valence-corrected chi connectivity index (χ1v) is 5.95. The molecule has 0 N–H and O–H groups in total. The zero-order valence-corrected chi connectivity index (χ0v) is 10.2. The van der Waals surface area contributed by atoms with Crippen LogP contribution in [0.2, 0.25) is 0 Å². The fourth-order valence-electron chi connectivity index (χ4n) is 2.20. The Bertz CT molecular complexity index is 620. The molecule has 1 aromatic heterocycles. The van der Waals surface area contributed by atoms with Crippen molar-refractivity contribution in [2.75, 3.05) is 6.61 Å². The molecule has 4 nitrogen and oxygen atoms in total. The van der Waals surface area contributed by atoms with Crippen molar-refractivity contribution in [1.82, 2.24) is 9.78 Å². The summed E-state index contributed by atoms with van der Waals surface area (Å²) in [6.07, 6.45) is 0.768. The van der Waals surface area contributed by atoms with Crippen LogP contribution < -0.4 is 0 Å². The molecule has 90 valence electrons. The Hall–Kier alpha value is -2.12. The van der Waals surface area contributed by atoms with Crippen LogP contribution in [0.4, 0.5) is 0 Å². The summed E-state index contributed by atoms with van der Waals surface area (Å²) in [5.74, 6) is 0. The minimum absolute atomic E-state index is 0.503. The standard InChI is InChI=1S/C14H13N3O/c1-10-2-4-11(5-3-10)17-14(8-15)12-6-7-18-9-13(12)16-17/h2-5H,6-7,9H2,1H3. The lowest BCUT2D eigenvalue weighted by Crippen LogP contribution is -2.09. The van der Waals surface area contributed by atoms with Gasteiger partial charge in [-0.3, -0.25) is 0 Å². The largest absolute Gasteiger partial charge is 0.375 e. The number of benzene rings is 1. The van der Waals surface area contributed by atoms with Gasteiger partial charge in [-0.05, 0) is 19.1 Å². The molecule has 0 unspecified atom stereocenters. The fraction of sp³-hybridized carbons (Fsp3) is 0.286. The summed E-state index contributed by atoms with van der Waals surface area (Å²) in [6, 6.07) is 10.3. The van der Waals surface area contributed by atoms with Crippen molar-refractivity contribution in [2.45, 2.75) is 20.0 Å². The predicted octanol–water partition coefficient (Wildman–Crippen LogP) is 2.13. The number of aryl methyl sites for hydroxylation is 1. The molecule has 0 amide bonds. The lowest BCUT2D eigenvalue weighted by molar-refractivity contribution is 0.108. The van der Waals surface area contributed by atoms with E-state index in [1.807, 2.05) is 31.2 Å². The van der Waals surface area contributed by atoms with Crippen LogP contribution in [0.25, 0.3) is 5.69 Å². The van der Waals surface area contributed by atoms with E-state index in [1.54, 1.807) is 4.68 Å². The molecule has 2 heterocycles. The Morgan fingerprint density at radius 1 is 1.33 bits per heavy atom. The van der Waals surface area contributed by atoms with Crippen LogP contribution in [0.3, 0.4) is 0 Å². The van der Waals surface area contributed by atoms with Gasteiger partial charge in [0.25, 0.3) is 0 Å². The number of nitriles is 1. The molecule has 0 fully saturated rings. The zero-order valence-electron chi connectivity index (χ0n) is 10.2. The van der Waals surface area contributed by atoms with Gasteiger partial charge in [-0.25, -0.2) is 4.68 Å². The van der Waals surface area contributed by atoms with Gasteiger partial charge in [-0.1, -0.05) is 17.7 Å². The van der Waals surface area contributed by atoms with E-state index in [0.29, 0.717) is 18.9 Å². The zero-order chi connectivity index (χ0) is 12.5. The molecule has 4 heteroatoms. The minimum Gasteiger partial charge on any atom is -0.375 e. The number of aromatic nitrogens is 2. The van der Waals surface area contributed by atoms with E-state index < -0.39 is 0 Å². The van der Waals surface area contributed by atoms with Crippen LogP contribution >= 0.6 is 0 Å². The molecule has 0 aliphatic carbocycles. The SMILES string of the molecule is Cc1ccc(-n2nc3c(c2C#N)CCOC3)cc1.